The Hall–Kier alpha value is -2.13. The first kappa shape index (κ1) is 18.9. The maximum Gasteiger partial charge on any atom is 0.490 e. The lowest BCUT2D eigenvalue weighted by atomic mass is 10.2. The first-order valence-corrected chi connectivity index (χ1v) is 5.55. The van der Waals surface area contributed by atoms with Gasteiger partial charge in [0.15, 0.2) is 0 Å². The van der Waals surface area contributed by atoms with Gasteiger partial charge in [-0.3, -0.25) is 4.79 Å². The molecule has 0 amide bonds. The van der Waals surface area contributed by atoms with Crippen LogP contribution in [0.3, 0.4) is 0 Å². The van der Waals surface area contributed by atoms with Gasteiger partial charge in [-0.2, -0.15) is 13.2 Å². The average Bonchev–Trinajstić information content (AvgIpc) is 2.44. The fourth-order valence-electron chi connectivity index (χ4n) is 0.910. The summed E-state index contributed by atoms with van der Waals surface area (Å²) in [7, 11) is 0. The highest BCUT2D eigenvalue weighted by Crippen LogP contribution is 2.13. The fourth-order valence-corrected chi connectivity index (χ4v) is 0.910. The van der Waals surface area contributed by atoms with E-state index >= 15 is 0 Å². The van der Waals surface area contributed by atoms with Crippen molar-refractivity contribution in [2.24, 2.45) is 5.73 Å². The summed E-state index contributed by atoms with van der Waals surface area (Å²) < 4.78 is 36.6. The normalized spacial score (nSPS) is 11.9. The van der Waals surface area contributed by atoms with Gasteiger partial charge in [0, 0.05) is 0 Å². The number of carboxylic acid groups (broad SMARTS) is 1. The van der Waals surface area contributed by atoms with Gasteiger partial charge in [0.2, 0.25) is 0 Å². The number of alkyl halides is 3. The van der Waals surface area contributed by atoms with Crippen LogP contribution in [0.1, 0.15) is 5.56 Å². The Morgan fingerprint density at radius 2 is 1.71 bits per heavy atom. The monoisotopic (exact) mass is 309 g/mol. The molecule has 1 atom stereocenters. The molecule has 118 valence electrons. The zero-order valence-electron chi connectivity index (χ0n) is 10.7. The second-order valence-corrected chi connectivity index (χ2v) is 3.69. The van der Waals surface area contributed by atoms with Crippen LogP contribution in [0.2, 0.25) is 0 Å². The summed E-state index contributed by atoms with van der Waals surface area (Å²) in [6.45, 7) is -0.207. The highest BCUT2D eigenvalue weighted by Gasteiger charge is 2.38. The minimum absolute atomic E-state index is 0.188. The number of carbonyl (C=O) groups is 2. The zero-order chi connectivity index (χ0) is 16.5. The molecule has 0 aliphatic heterocycles. The summed E-state index contributed by atoms with van der Waals surface area (Å²) in [6, 6.07) is 8.34. The number of aliphatic carboxylic acids is 1. The Labute approximate surface area is 117 Å². The topological polar surface area (TPSA) is 110 Å². The molecular formula is C12H14F3NO5. The van der Waals surface area contributed by atoms with Crippen molar-refractivity contribution in [2.45, 2.75) is 18.8 Å². The van der Waals surface area contributed by atoms with Crippen molar-refractivity contribution >= 4 is 11.9 Å². The van der Waals surface area contributed by atoms with Crippen molar-refractivity contribution in [3.8, 4) is 0 Å². The summed E-state index contributed by atoms with van der Waals surface area (Å²) in [4.78, 5) is 19.9. The molecule has 1 aromatic rings. The van der Waals surface area contributed by atoms with Gasteiger partial charge in [-0.1, -0.05) is 30.3 Å². The Morgan fingerprint density at radius 3 is 2.10 bits per heavy atom. The third-order valence-electron chi connectivity index (χ3n) is 1.97. The van der Waals surface area contributed by atoms with Crippen LogP contribution >= 0.6 is 0 Å². The van der Waals surface area contributed by atoms with E-state index in [1.807, 2.05) is 30.3 Å². The van der Waals surface area contributed by atoms with Crippen molar-refractivity contribution in [2.75, 3.05) is 6.61 Å². The molecule has 0 fully saturated rings. The quantitative estimate of drug-likeness (QED) is 0.706. The number of carbonyl (C=O) groups excluding carboxylic acids is 1. The highest BCUT2D eigenvalue weighted by molar-refractivity contribution is 5.75. The van der Waals surface area contributed by atoms with Crippen LogP contribution < -0.4 is 5.73 Å². The summed E-state index contributed by atoms with van der Waals surface area (Å²) in [6.07, 6.45) is -5.08. The summed E-state index contributed by atoms with van der Waals surface area (Å²) in [5.74, 6) is -3.34. The number of ether oxygens (including phenoxy) is 1. The molecule has 0 bridgehead atoms. The standard InChI is InChI=1S/C10H13NO3.C2HF3O2/c11-9(6-12)10(13)14-7-8-4-2-1-3-5-8;3-2(4,5)1(6)7/h1-5,9,12H,6-7,11H2;(H,6,7). The maximum absolute atomic E-state index is 11.0. The number of esters is 1. The Kier molecular flexibility index (Phi) is 8.02. The maximum atomic E-state index is 11.0. The van der Waals surface area contributed by atoms with Gasteiger partial charge in [0.25, 0.3) is 0 Å². The minimum atomic E-state index is -5.08. The van der Waals surface area contributed by atoms with Crippen LogP contribution in [0, 0.1) is 0 Å². The minimum Gasteiger partial charge on any atom is -0.475 e. The number of aliphatic hydroxyl groups excluding tert-OH is 1. The molecule has 0 aliphatic carbocycles. The molecule has 0 aliphatic rings. The summed E-state index contributed by atoms with van der Waals surface area (Å²) in [5, 5.41) is 15.7. The van der Waals surface area contributed by atoms with E-state index in [-0.39, 0.29) is 6.61 Å². The van der Waals surface area contributed by atoms with Crippen LogP contribution in [-0.4, -0.2) is 41.0 Å². The van der Waals surface area contributed by atoms with E-state index in [1.165, 1.54) is 0 Å². The SMILES string of the molecule is NC(CO)C(=O)OCc1ccccc1.O=C(O)C(F)(F)F. The molecule has 0 radical (unpaired) electrons. The van der Waals surface area contributed by atoms with Gasteiger partial charge in [-0.05, 0) is 5.56 Å². The van der Waals surface area contributed by atoms with E-state index in [1.54, 1.807) is 0 Å². The van der Waals surface area contributed by atoms with Gasteiger partial charge < -0.3 is 20.7 Å². The van der Waals surface area contributed by atoms with Crippen molar-refractivity contribution in [3.63, 3.8) is 0 Å². The highest BCUT2D eigenvalue weighted by atomic mass is 19.4. The molecule has 4 N–H and O–H groups in total. The molecule has 0 spiro atoms. The number of benzene rings is 1. The molecule has 6 nitrogen and oxygen atoms in total. The van der Waals surface area contributed by atoms with Gasteiger partial charge in [0.05, 0.1) is 6.61 Å². The molecule has 1 rings (SSSR count). The lowest BCUT2D eigenvalue weighted by Gasteiger charge is -2.08. The number of aliphatic hydroxyl groups is 1. The van der Waals surface area contributed by atoms with Gasteiger partial charge in [-0.25, -0.2) is 4.79 Å². The first-order chi connectivity index (χ1) is 9.68. The van der Waals surface area contributed by atoms with Gasteiger partial charge >= 0.3 is 18.1 Å². The van der Waals surface area contributed by atoms with E-state index in [0.717, 1.165) is 5.56 Å². The van der Waals surface area contributed by atoms with Gasteiger partial charge in [-0.15, -0.1) is 0 Å². The molecule has 21 heavy (non-hydrogen) atoms. The molecule has 0 saturated heterocycles. The smallest absolute Gasteiger partial charge is 0.475 e. The van der Waals surface area contributed by atoms with Crippen LogP contribution in [0.25, 0.3) is 0 Å². The van der Waals surface area contributed by atoms with E-state index in [4.69, 9.17) is 25.5 Å². The number of nitrogens with two attached hydrogens (primary N) is 1. The fraction of sp³-hybridized carbons (Fsp3) is 0.333. The average molecular weight is 309 g/mol. The van der Waals surface area contributed by atoms with E-state index in [2.05, 4.69) is 0 Å². The Morgan fingerprint density at radius 1 is 1.24 bits per heavy atom. The third kappa shape index (κ3) is 8.60. The predicted octanol–water partition coefficient (Wildman–Crippen LogP) is 0.683. The van der Waals surface area contributed by atoms with Crippen molar-refractivity contribution in [1.29, 1.82) is 0 Å². The summed E-state index contributed by atoms with van der Waals surface area (Å²) in [5.41, 5.74) is 6.15. The summed E-state index contributed by atoms with van der Waals surface area (Å²) >= 11 is 0. The van der Waals surface area contributed by atoms with Crippen LogP contribution in [0.15, 0.2) is 30.3 Å². The second kappa shape index (κ2) is 8.93. The number of rotatable bonds is 4. The molecule has 0 heterocycles. The third-order valence-corrected chi connectivity index (χ3v) is 1.97. The largest absolute Gasteiger partial charge is 0.490 e. The van der Waals surface area contributed by atoms with Gasteiger partial charge in [0.1, 0.15) is 12.6 Å². The van der Waals surface area contributed by atoms with E-state index in [0.29, 0.717) is 0 Å². The molecule has 0 aromatic heterocycles. The van der Waals surface area contributed by atoms with Crippen LogP contribution in [0.4, 0.5) is 13.2 Å². The van der Waals surface area contributed by atoms with Crippen molar-refractivity contribution < 1.29 is 37.7 Å². The number of carboxylic acids is 1. The van der Waals surface area contributed by atoms with Crippen LogP contribution in [0.5, 0.6) is 0 Å². The molecule has 0 saturated carbocycles. The Bertz CT molecular complexity index is 450. The number of halogens is 3. The zero-order valence-corrected chi connectivity index (χ0v) is 10.7. The van der Waals surface area contributed by atoms with E-state index in [9.17, 15) is 18.0 Å². The number of hydrogen-bond acceptors (Lipinski definition) is 5. The van der Waals surface area contributed by atoms with Crippen molar-refractivity contribution in [1.82, 2.24) is 0 Å². The first-order valence-electron chi connectivity index (χ1n) is 5.55. The number of hydrogen-bond donors (Lipinski definition) is 3. The lowest BCUT2D eigenvalue weighted by Crippen LogP contribution is -2.35. The lowest BCUT2D eigenvalue weighted by molar-refractivity contribution is -0.192. The van der Waals surface area contributed by atoms with E-state index < -0.39 is 30.8 Å². The predicted molar refractivity (Wildman–Crippen MR) is 65.0 cm³/mol. The molecule has 1 unspecified atom stereocenters. The van der Waals surface area contributed by atoms with Crippen LogP contribution in [-0.2, 0) is 20.9 Å². The molecular weight excluding hydrogens is 295 g/mol. The Balaban J connectivity index is 0.000000486. The second-order valence-electron chi connectivity index (χ2n) is 3.69. The molecule has 1 aromatic carbocycles. The molecule has 9 heteroatoms. The van der Waals surface area contributed by atoms with Crippen molar-refractivity contribution in [3.05, 3.63) is 35.9 Å².